The number of nitrogens with one attached hydrogen (secondary N) is 3. The summed E-state index contributed by atoms with van der Waals surface area (Å²) in [4.78, 5) is 11.9. The van der Waals surface area contributed by atoms with Gasteiger partial charge in [-0.15, -0.1) is 0 Å². The molecule has 1 aliphatic heterocycles. The normalized spacial score (nSPS) is 12.1. The number of fused-ring (bicyclic) bond motifs is 1. The number of amides is 1. The van der Waals surface area contributed by atoms with Crippen molar-refractivity contribution in [3.05, 3.63) is 47.5 Å². The van der Waals surface area contributed by atoms with Crippen LogP contribution in [0.5, 0.6) is 17.2 Å². The summed E-state index contributed by atoms with van der Waals surface area (Å²) in [5.74, 6) is 1.69. The molecule has 3 N–H and O–H groups in total. The maximum absolute atomic E-state index is 11.9. The number of carbonyl (C=O) groups is 1. The number of hydrazine groups is 1. The van der Waals surface area contributed by atoms with E-state index in [1.807, 2.05) is 38.1 Å². The van der Waals surface area contributed by atoms with Gasteiger partial charge >= 0.3 is 0 Å². The molecule has 8 heteroatoms. The highest BCUT2D eigenvalue weighted by molar-refractivity contribution is 7.80. The van der Waals surface area contributed by atoms with E-state index in [-0.39, 0.29) is 17.6 Å². The lowest BCUT2D eigenvalue weighted by atomic mass is 10.1. The molecule has 1 aliphatic rings. The Morgan fingerprint density at radius 1 is 1.07 bits per heavy atom. The molecule has 0 bridgehead atoms. The molecular formula is C19H21N3O4S. The van der Waals surface area contributed by atoms with Crippen LogP contribution in [0, 0.1) is 13.8 Å². The van der Waals surface area contributed by atoms with Crippen molar-refractivity contribution in [3.8, 4) is 17.2 Å². The first-order chi connectivity index (χ1) is 13.0. The predicted octanol–water partition coefficient (Wildman–Crippen LogP) is 2.47. The first-order valence-corrected chi connectivity index (χ1v) is 8.87. The molecule has 0 fully saturated rings. The van der Waals surface area contributed by atoms with Gasteiger partial charge in [0.1, 0.15) is 19.0 Å². The number of anilines is 1. The van der Waals surface area contributed by atoms with Gasteiger partial charge in [0.25, 0.3) is 5.91 Å². The molecule has 0 saturated heterocycles. The van der Waals surface area contributed by atoms with Crippen LogP contribution in [0.4, 0.5) is 5.69 Å². The second-order valence-electron chi connectivity index (χ2n) is 6.04. The molecule has 7 nitrogen and oxygen atoms in total. The van der Waals surface area contributed by atoms with E-state index >= 15 is 0 Å². The van der Waals surface area contributed by atoms with Crippen LogP contribution in [-0.2, 0) is 4.79 Å². The van der Waals surface area contributed by atoms with Gasteiger partial charge in [-0.1, -0.05) is 12.1 Å². The molecule has 0 saturated carbocycles. The Kier molecular flexibility index (Phi) is 5.97. The Morgan fingerprint density at radius 3 is 2.67 bits per heavy atom. The summed E-state index contributed by atoms with van der Waals surface area (Å²) < 4.78 is 16.5. The zero-order valence-electron chi connectivity index (χ0n) is 15.1. The Bertz CT molecular complexity index is 857. The van der Waals surface area contributed by atoms with Crippen LogP contribution in [0.3, 0.4) is 0 Å². The second kappa shape index (κ2) is 8.59. The second-order valence-corrected chi connectivity index (χ2v) is 6.45. The lowest BCUT2D eigenvalue weighted by Gasteiger charge is -2.19. The van der Waals surface area contributed by atoms with Crippen molar-refractivity contribution in [2.24, 2.45) is 0 Å². The van der Waals surface area contributed by atoms with Crippen molar-refractivity contribution >= 4 is 28.9 Å². The van der Waals surface area contributed by atoms with E-state index in [2.05, 4.69) is 16.2 Å². The van der Waals surface area contributed by atoms with Crippen molar-refractivity contribution < 1.29 is 19.0 Å². The van der Waals surface area contributed by atoms with Crippen molar-refractivity contribution in [3.63, 3.8) is 0 Å². The molecule has 1 amide bonds. The van der Waals surface area contributed by atoms with Gasteiger partial charge in [0.2, 0.25) is 0 Å². The Hall–Kier alpha value is -3.00. The topological polar surface area (TPSA) is 80.9 Å². The predicted molar refractivity (Wildman–Crippen MR) is 106 cm³/mol. The quantitative estimate of drug-likeness (QED) is 0.549. The fourth-order valence-electron chi connectivity index (χ4n) is 2.45. The minimum Gasteiger partial charge on any atom is -0.486 e. The summed E-state index contributed by atoms with van der Waals surface area (Å²) in [6.45, 7) is 4.82. The minimum absolute atomic E-state index is 0.121. The summed E-state index contributed by atoms with van der Waals surface area (Å²) >= 11 is 5.17. The van der Waals surface area contributed by atoms with Gasteiger partial charge < -0.3 is 19.5 Å². The standard InChI is InChI=1S/C19H21N3O4S/c1-12-3-4-13(2)16(9-12)26-11-18(23)21-22-19(27)20-14-5-6-15-17(10-14)25-8-7-24-15/h3-6,9-10H,7-8,11H2,1-2H3,(H,21,23)(H2,20,22,27). The van der Waals surface area contributed by atoms with E-state index in [1.165, 1.54) is 0 Å². The first kappa shape index (κ1) is 18.8. The third-order valence-corrected chi connectivity index (χ3v) is 4.02. The van der Waals surface area contributed by atoms with Crippen LogP contribution in [0.25, 0.3) is 0 Å². The minimum atomic E-state index is -0.345. The van der Waals surface area contributed by atoms with Gasteiger partial charge in [-0.3, -0.25) is 15.6 Å². The smallest absolute Gasteiger partial charge is 0.276 e. The maximum atomic E-state index is 11.9. The zero-order chi connectivity index (χ0) is 19.2. The number of rotatable bonds is 4. The van der Waals surface area contributed by atoms with E-state index < -0.39 is 0 Å². The highest BCUT2D eigenvalue weighted by Crippen LogP contribution is 2.32. The lowest BCUT2D eigenvalue weighted by molar-refractivity contribution is -0.123. The molecule has 0 radical (unpaired) electrons. The third-order valence-electron chi connectivity index (χ3n) is 3.82. The number of thiocarbonyl (C=S) groups is 1. The lowest BCUT2D eigenvalue weighted by Crippen LogP contribution is -2.45. The first-order valence-electron chi connectivity index (χ1n) is 8.47. The molecule has 2 aromatic carbocycles. The monoisotopic (exact) mass is 387 g/mol. The molecule has 2 aromatic rings. The highest BCUT2D eigenvalue weighted by Gasteiger charge is 2.12. The molecule has 1 heterocycles. The molecule has 0 spiro atoms. The van der Waals surface area contributed by atoms with Gasteiger partial charge in [-0.25, -0.2) is 0 Å². The van der Waals surface area contributed by atoms with E-state index in [0.29, 0.717) is 30.5 Å². The molecule has 0 unspecified atom stereocenters. The summed E-state index contributed by atoms with van der Waals surface area (Å²) in [5, 5.41) is 3.21. The van der Waals surface area contributed by atoms with Crippen molar-refractivity contribution in [2.75, 3.05) is 25.1 Å². The number of hydrogen-bond donors (Lipinski definition) is 3. The van der Waals surface area contributed by atoms with Crippen molar-refractivity contribution in [1.82, 2.24) is 10.9 Å². The van der Waals surface area contributed by atoms with E-state index in [0.717, 1.165) is 16.8 Å². The van der Waals surface area contributed by atoms with Gasteiger partial charge in [0.05, 0.1) is 0 Å². The number of hydrogen-bond acceptors (Lipinski definition) is 5. The van der Waals surface area contributed by atoms with Crippen LogP contribution in [0.1, 0.15) is 11.1 Å². The summed E-state index contributed by atoms with van der Waals surface area (Å²) in [5.41, 5.74) is 7.90. The number of benzene rings is 2. The molecule has 3 rings (SSSR count). The van der Waals surface area contributed by atoms with E-state index in [4.69, 9.17) is 26.4 Å². The van der Waals surface area contributed by atoms with Crippen LogP contribution in [0.2, 0.25) is 0 Å². The summed E-state index contributed by atoms with van der Waals surface area (Å²) in [7, 11) is 0. The molecule has 142 valence electrons. The SMILES string of the molecule is Cc1ccc(C)c(OCC(=O)NNC(=S)Nc2ccc3c(c2)OCCO3)c1. The van der Waals surface area contributed by atoms with Crippen LogP contribution in [-0.4, -0.2) is 30.8 Å². The fourth-order valence-corrected chi connectivity index (χ4v) is 2.62. The van der Waals surface area contributed by atoms with Crippen molar-refractivity contribution in [1.29, 1.82) is 0 Å². The maximum Gasteiger partial charge on any atom is 0.276 e. The number of carbonyl (C=O) groups excluding carboxylic acids is 1. The van der Waals surface area contributed by atoms with Crippen LogP contribution >= 0.6 is 12.2 Å². The van der Waals surface area contributed by atoms with E-state index in [1.54, 1.807) is 12.1 Å². The molecule has 27 heavy (non-hydrogen) atoms. The number of ether oxygens (including phenoxy) is 3. The Morgan fingerprint density at radius 2 is 1.85 bits per heavy atom. The molecule has 0 aromatic heterocycles. The molecular weight excluding hydrogens is 366 g/mol. The van der Waals surface area contributed by atoms with Gasteiger partial charge in [-0.05, 0) is 55.4 Å². The Balaban J connectivity index is 1.44. The average molecular weight is 387 g/mol. The average Bonchev–Trinajstić information content (AvgIpc) is 2.67. The van der Waals surface area contributed by atoms with E-state index in [9.17, 15) is 4.79 Å². The van der Waals surface area contributed by atoms with Gasteiger partial charge in [0.15, 0.2) is 23.2 Å². The fraction of sp³-hybridized carbons (Fsp3) is 0.263. The highest BCUT2D eigenvalue weighted by atomic mass is 32.1. The largest absolute Gasteiger partial charge is 0.486 e. The molecule has 0 aliphatic carbocycles. The zero-order valence-corrected chi connectivity index (χ0v) is 15.9. The van der Waals surface area contributed by atoms with Crippen molar-refractivity contribution in [2.45, 2.75) is 13.8 Å². The number of aryl methyl sites for hydroxylation is 2. The summed E-state index contributed by atoms with van der Waals surface area (Å²) in [6, 6.07) is 11.2. The Labute approximate surface area is 163 Å². The summed E-state index contributed by atoms with van der Waals surface area (Å²) in [6.07, 6.45) is 0. The van der Waals surface area contributed by atoms with Crippen LogP contribution in [0.15, 0.2) is 36.4 Å². The third kappa shape index (κ3) is 5.24. The van der Waals surface area contributed by atoms with Gasteiger partial charge in [0, 0.05) is 11.8 Å². The molecule has 0 atom stereocenters. The van der Waals surface area contributed by atoms with Gasteiger partial charge in [-0.2, -0.15) is 0 Å². The van der Waals surface area contributed by atoms with Crippen LogP contribution < -0.4 is 30.4 Å².